The molecule has 4 aromatic rings. The van der Waals surface area contributed by atoms with Crippen molar-refractivity contribution in [2.24, 2.45) is 0 Å². The van der Waals surface area contributed by atoms with Crippen molar-refractivity contribution < 1.29 is 35.0 Å². The lowest BCUT2D eigenvalue weighted by molar-refractivity contribution is -0.137. The van der Waals surface area contributed by atoms with Crippen LogP contribution in [0.25, 0.3) is 0 Å². The van der Waals surface area contributed by atoms with Gasteiger partial charge in [0.15, 0.2) is 0 Å². The minimum atomic E-state index is -4.70. The van der Waals surface area contributed by atoms with Gasteiger partial charge >= 0.3 is 16.3 Å². The average molecular weight is 558 g/mol. The standard InChI is InChI=1S/C29H26F3NO5S/c1-2-27(22-10-4-3-5-11-22)28(34)33(20-25-14-8-16-37-25)19-21-9-6-13-24(17-21)38-39(35,36)26-15-7-12-23(18-26)29(30,31)32/h3-18,27H,2,19-20H2,1H3/t27-/m0/s1. The van der Waals surface area contributed by atoms with Gasteiger partial charge in [-0.3, -0.25) is 4.79 Å². The fourth-order valence-electron chi connectivity index (χ4n) is 4.18. The van der Waals surface area contributed by atoms with Crippen LogP contribution in [0.5, 0.6) is 5.75 Å². The van der Waals surface area contributed by atoms with Crippen LogP contribution in [0.3, 0.4) is 0 Å². The Morgan fingerprint density at radius 2 is 1.67 bits per heavy atom. The first-order valence-corrected chi connectivity index (χ1v) is 13.5. The number of halogens is 3. The topological polar surface area (TPSA) is 76.8 Å². The number of benzene rings is 3. The van der Waals surface area contributed by atoms with Crippen LogP contribution in [-0.4, -0.2) is 19.2 Å². The molecule has 0 aliphatic rings. The first kappa shape index (κ1) is 28.0. The van der Waals surface area contributed by atoms with Crippen molar-refractivity contribution in [3.63, 3.8) is 0 Å². The van der Waals surface area contributed by atoms with Crippen LogP contribution < -0.4 is 4.18 Å². The zero-order valence-corrected chi connectivity index (χ0v) is 21.8. The van der Waals surface area contributed by atoms with Gasteiger partial charge in [-0.2, -0.15) is 21.6 Å². The highest BCUT2D eigenvalue weighted by Gasteiger charge is 2.32. The summed E-state index contributed by atoms with van der Waals surface area (Å²) in [6, 6.07) is 22.3. The Bertz CT molecular complexity index is 1500. The summed E-state index contributed by atoms with van der Waals surface area (Å²) in [4.78, 5) is 14.7. The normalized spacial score (nSPS) is 12.6. The van der Waals surface area contributed by atoms with Gasteiger partial charge in [-0.15, -0.1) is 0 Å². The van der Waals surface area contributed by atoms with E-state index in [2.05, 4.69) is 0 Å². The van der Waals surface area contributed by atoms with Gasteiger partial charge in [-0.25, -0.2) is 0 Å². The number of nitrogens with zero attached hydrogens (tertiary/aromatic N) is 1. The van der Waals surface area contributed by atoms with E-state index in [1.54, 1.807) is 29.2 Å². The molecule has 0 N–H and O–H groups in total. The lowest BCUT2D eigenvalue weighted by Gasteiger charge is -2.27. The monoisotopic (exact) mass is 557 g/mol. The molecule has 0 saturated heterocycles. The molecule has 0 aliphatic carbocycles. The highest BCUT2D eigenvalue weighted by Crippen LogP contribution is 2.31. The van der Waals surface area contributed by atoms with Gasteiger partial charge in [-0.05, 0) is 60.0 Å². The SMILES string of the molecule is CC[C@H](C(=O)N(Cc1cccc(OS(=O)(=O)c2cccc(C(F)(F)F)c2)c1)Cc1ccco1)c1ccccc1. The van der Waals surface area contributed by atoms with Gasteiger partial charge in [0.25, 0.3) is 0 Å². The van der Waals surface area contributed by atoms with Gasteiger partial charge in [0, 0.05) is 6.54 Å². The fraction of sp³-hybridized carbons (Fsp3) is 0.207. The van der Waals surface area contributed by atoms with Crippen LogP contribution in [0.4, 0.5) is 13.2 Å². The number of carbonyl (C=O) groups is 1. The molecular formula is C29H26F3NO5S. The number of rotatable bonds is 10. The van der Waals surface area contributed by atoms with E-state index in [1.807, 2.05) is 37.3 Å². The summed E-state index contributed by atoms with van der Waals surface area (Å²) < 4.78 is 75.4. The molecule has 0 radical (unpaired) electrons. The molecule has 0 unspecified atom stereocenters. The molecule has 3 aromatic carbocycles. The highest BCUT2D eigenvalue weighted by molar-refractivity contribution is 7.87. The van der Waals surface area contributed by atoms with Crippen LogP contribution in [0.1, 0.15) is 41.7 Å². The van der Waals surface area contributed by atoms with Crippen molar-refractivity contribution in [3.05, 3.63) is 120 Å². The predicted octanol–water partition coefficient (Wildman–Crippen LogP) is 6.79. The molecule has 1 atom stereocenters. The van der Waals surface area contributed by atoms with Crippen molar-refractivity contribution in [1.29, 1.82) is 0 Å². The second-order valence-corrected chi connectivity index (χ2v) is 10.4. The lowest BCUT2D eigenvalue weighted by Crippen LogP contribution is -2.34. The molecule has 0 aliphatic heterocycles. The molecule has 6 nitrogen and oxygen atoms in total. The molecule has 39 heavy (non-hydrogen) atoms. The first-order valence-electron chi connectivity index (χ1n) is 12.1. The van der Waals surface area contributed by atoms with Crippen molar-refractivity contribution in [3.8, 4) is 5.75 Å². The second-order valence-electron chi connectivity index (χ2n) is 8.86. The molecule has 204 valence electrons. The van der Waals surface area contributed by atoms with Crippen LogP contribution >= 0.6 is 0 Å². The van der Waals surface area contributed by atoms with Crippen LogP contribution in [0, 0.1) is 0 Å². The van der Waals surface area contributed by atoms with Crippen molar-refractivity contribution in [1.82, 2.24) is 4.90 Å². The van der Waals surface area contributed by atoms with Gasteiger partial charge in [0.1, 0.15) is 16.4 Å². The Balaban J connectivity index is 1.58. The largest absolute Gasteiger partial charge is 0.467 e. The van der Waals surface area contributed by atoms with E-state index in [0.717, 1.165) is 23.8 Å². The number of amides is 1. The zero-order valence-electron chi connectivity index (χ0n) is 21.0. The molecule has 1 aromatic heterocycles. The number of hydrogen-bond donors (Lipinski definition) is 0. The molecule has 1 heterocycles. The van der Waals surface area contributed by atoms with E-state index in [0.29, 0.717) is 23.8 Å². The Hall–Kier alpha value is -4.05. The van der Waals surface area contributed by atoms with E-state index >= 15 is 0 Å². The smallest absolute Gasteiger partial charge is 0.416 e. The molecule has 10 heteroatoms. The quantitative estimate of drug-likeness (QED) is 0.201. The maximum atomic E-state index is 13.7. The fourth-order valence-corrected chi connectivity index (χ4v) is 5.15. The molecule has 0 bridgehead atoms. The number of alkyl halides is 3. The van der Waals surface area contributed by atoms with Gasteiger partial charge in [0.05, 0.1) is 24.3 Å². The maximum Gasteiger partial charge on any atom is 0.416 e. The Morgan fingerprint density at radius 1 is 0.923 bits per heavy atom. The first-order chi connectivity index (χ1) is 18.6. The van der Waals surface area contributed by atoms with Crippen LogP contribution in [-0.2, 0) is 34.2 Å². The third-order valence-electron chi connectivity index (χ3n) is 6.07. The number of furan rings is 1. The van der Waals surface area contributed by atoms with E-state index in [4.69, 9.17) is 8.60 Å². The molecule has 0 saturated carbocycles. The number of carbonyl (C=O) groups excluding carboxylic acids is 1. The van der Waals surface area contributed by atoms with E-state index in [1.165, 1.54) is 18.4 Å². The molecule has 0 spiro atoms. The molecule has 0 fully saturated rings. The Morgan fingerprint density at radius 3 is 2.33 bits per heavy atom. The molecule has 4 rings (SSSR count). The lowest BCUT2D eigenvalue weighted by atomic mass is 9.94. The third-order valence-corrected chi connectivity index (χ3v) is 7.32. The van der Waals surface area contributed by atoms with E-state index < -0.39 is 32.7 Å². The van der Waals surface area contributed by atoms with E-state index in [-0.39, 0.29) is 24.7 Å². The Labute approximate surface area is 224 Å². The number of hydrogen-bond acceptors (Lipinski definition) is 5. The summed E-state index contributed by atoms with van der Waals surface area (Å²) in [6.45, 7) is 2.22. The summed E-state index contributed by atoms with van der Waals surface area (Å²) in [7, 11) is -4.55. The average Bonchev–Trinajstić information content (AvgIpc) is 3.42. The van der Waals surface area contributed by atoms with Crippen molar-refractivity contribution >= 4 is 16.0 Å². The van der Waals surface area contributed by atoms with E-state index in [9.17, 15) is 26.4 Å². The summed E-state index contributed by atoms with van der Waals surface area (Å²) in [5.41, 5.74) is 0.338. The summed E-state index contributed by atoms with van der Waals surface area (Å²) >= 11 is 0. The van der Waals surface area contributed by atoms with Gasteiger partial charge in [0.2, 0.25) is 5.91 Å². The zero-order chi connectivity index (χ0) is 28.0. The highest BCUT2D eigenvalue weighted by atomic mass is 32.2. The maximum absolute atomic E-state index is 13.7. The minimum Gasteiger partial charge on any atom is -0.467 e. The molecule has 1 amide bonds. The third kappa shape index (κ3) is 7.08. The van der Waals surface area contributed by atoms with Crippen LogP contribution in [0.2, 0.25) is 0 Å². The minimum absolute atomic E-state index is 0.0922. The van der Waals surface area contributed by atoms with Crippen molar-refractivity contribution in [2.75, 3.05) is 0 Å². The van der Waals surface area contributed by atoms with Crippen molar-refractivity contribution in [2.45, 2.75) is 43.4 Å². The second kappa shape index (κ2) is 11.8. The summed E-state index contributed by atoms with van der Waals surface area (Å²) in [6.07, 6.45) is -2.62. The van der Waals surface area contributed by atoms with Gasteiger partial charge in [-0.1, -0.05) is 55.5 Å². The van der Waals surface area contributed by atoms with Crippen LogP contribution in [0.15, 0.2) is 107 Å². The summed E-state index contributed by atoms with van der Waals surface area (Å²) in [5.74, 6) is -0.0545. The Kier molecular flexibility index (Phi) is 8.44. The molecular weight excluding hydrogens is 531 g/mol. The van der Waals surface area contributed by atoms with Gasteiger partial charge < -0.3 is 13.5 Å². The predicted molar refractivity (Wildman–Crippen MR) is 138 cm³/mol. The summed E-state index contributed by atoms with van der Waals surface area (Å²) in [5, 5.41) is 0.